The Bertz CT molecular complexity index is 519. The van der Waals surface area contributed by atoms with Crippen molar-refractivity contribution in [3.63, 3.8) is 0 Å². The lowest BCUT2D eigenvalue weighted by atomic mass is 9.99. The lowest BCUT2D eigenvalue weighted by Crippen LogP contribution is -2.36. The van der Waals surface area contributed by atoms with Crippen LogP contribution in [0.15, 0.2) is 24.3 Å². The predicted molar refractivity (Wildman–Crippen MR) is 86.5 cm³/mol. The first kappa shape index (κ1) is 19.0. The Balaban J connectivity index is 2.49. The molecule has 0 spiro atoms. The molecule has 128 valence electrons. The van der Waals surface area contributed by atoms with Crippen molar-refractivity contribution >= 4 is 11.9 Å². The van der Waals surface area contributed by atoms with Crippen LogP contribution in [-0.2, 0) is 20.7 Å². The molecule has 1 unspecified atom stereocenters. The topological polar surface area (TPSA) is 84.9 Å². The highest BCUT2D eigenvalue weighted by Crippen LogP contribution is 2.15. The fourth-order valence-electron chi connectivity index (χ4n) is 2.02. The van der Waals surface area contributed by atoms with Gasteiger partial charge >= 0.3 is 11.9 Å². The zero-order valence-electron chi connectivity index (χ0n) is 14.1. The SMILES string of the molecule is COc1ccc(CC(CNCC(=O)OC(C)(C)C)C(=O)O)cc1. The van der Waals surface area contributed by atoms with Crippen LogP contribution < -0.4 is 10.1 Å². The Morgan fingerprint density at radius 2 is 1.83 bits per heavy atom. The number of ether oxygens (including phenoxy) is 2. The van der Waals surface area contributed by atoms with E-state index in [-0.39, 0.29) is 13.1 Å². The van der Waals surface area contributed by atoms with Gasteiger partial charge in [0, 0.05) is 6.54 Å². The molecule has 0 aliphatic carbocycles. The zero-order chi connectivity index (χ0) is 17.5. The average Bonchev–Trinajstić information content (AvgIpc) is 2.45. The van der Waals surface area contributed by atoms with Crippen LogP contribution in [0.4, 0.5) is 0 Å². The van der Waals surface area contributed by atoms with Crippen molar-refractivity contribution in [3.05, 3.63) is 29.8 Å². The van der Waals surface area contributed by atoms with E-state index in [0.29, 0.717) is 6.42 Å². The number of rotatable bonds is 8. The van der Waals surface area contributed by atoms with Crippen LogP contribution in [0.3, 0.4) is 0 Å². The molecule has 0 heterocycles. The second-order valence-electron chi connectivity index (χ2n) is 6.30. The van der Waals surface area contributed by atoms with E-state index in [9.17, 15) is 14.7 Å². The van der Waals surface area contributed by atoms with Crippen LogP contribution in [0, 0.1) is 5.92 Å². The quantitative estimate of drug-likeness (QED) is 0.711. The molecular formula is C17H25NO5. The molecule has 6 heteroatoms. The predicted octanol–water partition coefficient (Wildman–Crippen LogP) is 1.87. The summed E-state index contributed by atoms with van der Waals surface area (Å²) in [5.74, 6) is -1.20. The first-order chi connectivity index (χ1) is 10.7. The van der Waals surface area contributed by atoms with Gasteiger partial charge in [0.1, 0.15) is 11.4 Å². The molecule has 23 heavy (non-hydrogen) atoms. The van der Waals surface area contributed by atoms with Crippen LogP contribution in [0.25, 0.3) is 0 Å². The van der Waals surface area contributed by atoms with Crippen LogP contribution in [0.2, 0.25) is 0 Å². The zero-order valence-corrected chi connectivity index (χ0v) is 14.1. The van der Waals surface area contributed by atoms with E-state index in [2.05, 4.69) is 5.32 Å². The third-order valence-electron chi connectivity index (χ3n) is 3.07. The molecule has 0 radical (unpaired) electrons. The summed E-state index contributed by atoms with van der Waals surface area (Å²) in [6.07, 6.45) is 0.376. The third kappa shape index (κ3) is 7.65. The number of carbonyl (C=O) groups is 2. The fourth-order valence-corrected chi connectivity index (χ4v) is 2.02. The van der Waals surface area contributed by atoms with Crippen LogP contribution in [0.1, 0.15) is 26.3 Å². The molecule has 0 fully saturated rings. The Kier molecular flexibility index (Phi) is 7.03. The van der Waals surface area contributed by atoms with Gasteiger partial charge in [-0.2, -0.15) is 0 Å². The molecule has 1 rings (SSSR count). The van der Waals surface area contributed by atoms with Gasteiger partial charge in [-0.15, -0.1) is 0 Å². The summed E-state index contributed by atoms with van der Waals surface area (Å²) >= 11 is 0. The number of aliphatic carboxylic acids is 1. The Morgan fingerprint density at radius 3 is 2.30 bits per heavy atom. The molecule has 1 aromatic rings. The number of nitrogens with one attached hydrogen (secondary N) is 1. The fraction of sp³-hybridized carbons (Fsp3) is 0.529. The van der Waals surface area contributed by atoms with Crippen molar-refractivity contribution in [1.29, 1.82) is 0 Å². The maximum Gasteiger partial charge on any atom is 0.320 e. The molecule has 0 saturated carbocycles. The molecule has 0 amide bonds. The molecule has 0 aliphatic rings. The monoisotopic (exact) mass is 323 g/mol. The lowest BCUT2D eigenvalue weighted by molar-refractivity contribution is -0.154. The van der Waals surface area contributed by atoms with Gasteiger partial charge in [0.15, 0.2) is 0 Å². The maximum absolute atomic E-state index is 11.6. The first-order valence-corrected chi connectivity index (χ1v) is 7.49. The van der Waals surface area contributed by atoms with E-state index < -0.39 is 23.5 Å². The molecule has 1 aromatic carbocycles. The van der Waals surface area contributed by atoms with Crippen molar-refractivity contribution in [1.82, 2.24) is 5.32 Å². The number of methoxy groups -OCH3 is 1. The van der Waals surface area contributed by atoms with Crippen molar-refractivity contribution in [2.45, 2.75) is 32.8 Å². The molecule has 6 nitrogen and oxygen atoms in total. The average molecular weight is 323 g/mol. The number of carboxylic acid groups (broad SMARTS) is 1. The van der Waals surface area contributed by atoms with Gasteiger partial charge in [-0.1, -0.05) is 12.1 Å². The van der Waals surface area contributed by atoms with Crippen molar-refractivity contribution in [3.8, 4) is 5.75 Å². The van der Waals surface area contributed by atoms with Gasteiger partial charge < -0.3 is 19.9 Å². The van der Waals surface area contributed by atoms with Crippen molar-refractivity contribution in [2.75, 3.05) is 20.2 Å². The number of carbonyl (C=O) groups excluding carboxylic acids is 1. The first-order valence-electron chi connectivity index (χ1n) is 7.49. The standard InChI is InChI=1S/C17H25NO5/c1-17(2,3)23-15(19)11-18-10-13(16(20)21)9-12-5-7-14(22-4)8-6-12/h5-8,13,18H,9-11H2,1-4H3,(H,20,21). The highest BCUT2D eigenvalue weighted by molar-refractivity contribution is 5.73. The normalized spacial score (nSPS) is 12.5. The highest BCUT2D eigenvalue weighted by atomic mass is 16.6. The van der Waals surface area contributed by atoms with E-state index in [0.717, 1.165) is 11.3 Å². The van der Waals surface area contributed by atoms with Crippen LogP contribution in [0.5, 0.6) is 5.75 Å². The second-order valence-corrected chi connectivity index (χ2v) is 6.30. The van der Waals surface area contributed by atoms with Gasteiger partial charge in [-0.3, -0.25) is 9.59 Å². The molecule has 2 N–H and O–H groups in total. The minimum atomic E-state index is -0.905. The minimum absolute atomic E-state index is 0.0103. The number of benzene rings is 1. The summed E-state index contributed by atoms with van der Waals surface area (Å²) in [5, 5.41) is 12.2. The largest absolute Gasteiger partial charge is 0.497 e. The Morgan fingerprint density at radius 1 is 1.22 bits per heavy atom. The number of hydrogen-bond acceptors (Lipinski definition) is 5. The van der Waals surface area contributed by atoms with Gasteiger partial charge in [-0.05, 0) is 44.9 Å². The van der Waals surface area contributed by atoms with E-state index in [1.165, 1.54) is 0 Å². The molecule has 0 bridgehead atoms. The highest BCUT2D eigenvalue weighted by Gasteiger charge is 2.20. The Labute approximate surface area is 136 Å². The van der Waals surface area contributed by atoms with E-state index in [4.69, 9.17) is 9.47 Å². The van der Waals surface area contributed by atoms with Crippen molar-refractivity contribution < 1.29 is 24.2 Å². The third-order valence-corrected chi connectivity index (χ3v) is 3.07. The summed E-state index contributed by atoms with van der Waals surface area (Å²) in [4.78, 5) is 22.9. The summed E-state index contributed by atoms with van der Waals surface area (Å²) in [5.41, 5.74) is 0.353. The van der Waals surface area contributed by atoms with Gasteiger partial charge in [0.2, 0.25) is 0 Å². The molecule has 0 aliphatic heterocycles. The summed E-state index contributed by atoms with van der Waals surface area (Å²) in [6, 6.07) is 7.26. The molecule has 0 saturated heterocycles. The molecule has 0 aromatic heterocycles. The second kappa shape index (κ2) is 8.53. The van der Waals surface area contributed by atoms with Crippen LogP contribution in [-0.4, -0.2) is 42.8 Å². The molecule has 1 atom stereocenters. The van der Waals surface area contributed by atoms with Crippen molar-refractivity contribution in [2.24, 2.45) is 5.92 Å². The lowest BCUT2D eigenvalue weighted by Gasteiger charge is -2.20. The Hall–Kier alpha value is -2.08. The summed E-state index contributed by atoms with van der Waals surface area (Å²) < 4.78 is 10.2. The van der Waals surface area contributed by atoms with E-state index >= 15 is 0 Å². The van der Waals surface area contributed by atoms with Crippen LogP contribution >= 0.6 is 0 Å². The smallest absolute Gasteiger partial charge is 0.320 e. The number of hydrogen-bond donors (Lipinski definition) is 2. The molecular weight excluding hydrogens is 298 g/mol. The number of carboxylic acids is 1. The van der Waals surface area contributed by atoms with E-state index in [1.54, 1.807) is 40.0 Å². The summed E-state index contributed by atoms with van der Waals surface area (Å²) in [7, 11) is 1.58. The van der Waals surface area contributed by atoms with Gasteiger partial charge in [-0.25, -0.2) is 0 Å². The van der Waals surface area contributed by atoms with Gasteiger partial charge in [0.05, 0.1) is 19.6 Å². The van der Waals surface area contributed by atoms with Gasteiger partial charge in [0.25, 0.3) is 0 Å². The minimum Gasteiger partial charge on any atom is -0.497 e. The number of esters is 1. The van der Waals surface area contributed by atoms with E-state index in [1.807, 2.05) is 12.1 Å². The maximum atomic E-state index is 11.6. The summed E-state index contributed by atoms with van der Waals surface area (Å²) in [6.45, 7) is 5.54.